The van der Waals surface area contributed by atoms with Gasteiger partial charge in [0.2, 0.25) is 5.91 Å². The highest BCUT2D eigenvalue weighted by molar-refractivity contribution is 5.85. The lowest BCUT2D eigenvalue weighted by atomic mass is 9.95. The second-order valence-corrected chi connectivity index (χ2v) is 6.90. The maximum absolute atomic E-state index is 12.3. The monoisotopic (exact) mass is 391 g/mol. The molecular formula is C18H31Cl2N3O2. The Morgan fingerprint density at radius 3 is 2.56 bits per heavy atom. The molecule has 3 N–H and O–H groups in total. The van der Waals surface area contributed by atoms with Gasteiger partial charge in [-0.2, -0.15) is 0 Å². The molecule has 1 fully saturated rings. The van der Waals surface area contributed by atoms with Crippen molar-refractivity contribution in [3.8, 4) is 0 Å². The number of carbonyl (C=O) groups is 1. The second kappa shape index (κ2) is 11.0. The average Bonchev–Trinajstić information content (AvgIpc) is 2.53. The molecule has 0 saturated carbocycles. The van der Waals surface area contributed by atoms with E-state index in [1.54, 1.807) is 0 Å². The summed E-state index contributed by atoms with van der Waals surface area (Å²) in [6, 6.07) is 9.48. The lowest BCUT2D eigenvalue weighted by molar-refractivity contribution is -0.125. The summed E-state index contributed by atoms with van der Waals surface area (Å²) in [7, 11) is 0. The van der Waals surface area contributed by atoms with Gasteiger partial charge in [0.15, 0.2) is 0 Å². The predicted octanol–water partition coefficient (Wildman–Crippen LogP) is 2.39. The quantitative estimate of drug-likeness (QED) is 0.780. The fraction of sp³-hybridized carbons (Fsp3) is 0.611. The van der Waals surface area contributed by atoms with Gasteiger partial charge in [-0.15, -0.1) is 24.8 Å². The third-order valence-electron chi connectivity index (χ3n) is 4.37. The van der Waals surface area contributed by atoms with Gasteiger partial charge < -0.3 is 15.8 Å². The van der Waals surface area contributed by atoms with Crippen molar-refractivity contribution < 1.29 is 9.53 Å². The fourth-order valence-electron chi connectivity index (χ4n) is 2.93. The molecule has 1 aliphatic rings. The van der Waals surface area contributed by atoms with Gasteiger partial charge in [-0.1, -0.05) is 37.3 Å². The summed E-state index contributed by atoms with van der Waals surface area (Å²) >= 11 is 0. The van der Waals surface area contributed by atoms with Crippen LogP contribution in [0, 0.1) is 5.92 Å². The van der Waals surface area contributed by atoms with E-state index in [1.165, 1.54) is 0 Å². The first-order valence-corrected chi connectivity index (χ1v) is 8.33. The minimum Gasteiger partial charge on any atom is -0.373 e. The van der Waals surface area contributed by atoms with Crippen molar-refractivity contribution in [3.63, 3.8) is 0 Å². The van der Waals surface area contributed by atoms with Crippen LogP contribution in [0.3, 0.4) is 0 Å². The van der Waals surface area contributed by atoms with Crippen molar-refractivity contribution in [1.82, 2.24) is 10.2 Å². The molecule has 2 unspecified atom stereocenters. The van der Waals surface area contributed by atoms with Crippen LogP contribution in [-0.4, -0.2) is 49.2 Å². The number of nitrogens with one attached hydrogen (secondary N) is 1. The molecule has 1 aliphatic heterocycles. The van der Waals surface area contributed by atoms with Crippen LogP contribution in [0.2, 0.25) is 0 Å². The first-order valence-electron chi connectivity index (χ1n) is 8.33. The van der Waals surface area contributed by atoms with E-state index in [1.807, 2.05) is 37.3 Å². The third kappa shape index (κ3) is 7.50. The number of nitrogens with two attached hydrogens (primary N) is 1. The molecule has 25 heavy (non-hydrogen) atoms. The standard InChI is InChI=1S/C18H29N3O2.2ClH/c1-14(16(19)15-7-5-4-6-8-15)17(22)20-9-10-21-11-12-23-18(2,3)13-21;;/h4-8,14,16H,9-13,19H2,1-3H3,(H,20,22);2*1H. The number of nitrogens with zero attached hydrogens (tertiary/aromatic N) is 1. The maximum atomic E-state index is 12.3. The fourth-order valence-corrected chi connectivity index (χ4v) is 2.93. The number of halogens is 2. The Bertz CT molecular complexity index is 514. The van der Waals surface area contributed by atoms with E-state index in [-0.39, 0.29) is 48.3 Å². The van der Waals surface area contributed by atoms with Crippen LogP contribution in [0.5, 0.6) is 0 Å². The Kier molecular flexibility index (Phi) is 10.6. The zero-order chi connectivity index (χ0) is 16.9. The molecule has 0 spiro atoms. The van der Waals surface area contributed by atoms with Crippen LogP contribution in [0.1, 0.15) is 32.4 Å². The second-order valence-electron chi connectivity index (χ2n) is 6.90. The van der Waals surface area contributed by atoms with Crippen LogP contribution in [0.25, 0.3) is 0 Å². The highest BCUT2D eigenvalue weighted by Crippen LogP contribution is 2.19. The topological polar surface area (TPSA) is 67.6 Å². The summed E-state index contributed by atoms with van der Waals surface area (Å²) in [5.74, 6) is -0.243. The maximum Gasteiger partial charge on any atom is 0.224 e. The number of hydrogen-bond acceptors (Lipinski definition) is 4. The highest BCUT2D eigenvalue weighted by atomic mass is 35.5. The molecule has 1 saturated heterocycles. The molecule has 0 bridgehead atoms. The summed E-state index contributed by atoms with van der Waals surface area (Å²) in [6.07, 6.45) is 0. The average molecular weight is 392 g/mol. The molecule has 1 aromatic carbocycles. The van der Waals surface area contributed by atoms with Gasteiger partial charge in [0.1, 0.15) is 0 Å². The van der Waals surface area contributed by atoms with Crippen LogP contribution < -0.4 is 11.1 Å². The number of hydrogen-bond donors (Lipinski definition) is 2. The molecule has 1 heterocycles. The largest absolute Gasteiger partial charge is 0.373 e. The zero-order valence-electron chi connectivity index (χ0n) is 15.2. The van der Waals surface area contributed by atoms with Crippen molar-refractivity contribution in [2.45, 2.75) is 32.4 Å². The number of ether oxygens (including phenoxy) is 1. The zero-order valence-corrected chi connectivity index (χ0v) is 16.9. The van der Waals surface area contributed by atoms with Crippen LogP contribution in [0.4, 0.5) is 0 Å². The van der Waals surface area contributed by atoms with E-state index in [0.29, 0.717) is 6.54 Å². The van der Waals surface area contributed by atoms with Crippen molar-refractivity contribution in [1.29, 1.82) is 0 Å². The van der Waals surface area contributed by atoms with E-state index in [2.05, 4.69) is 24.1 Å². The van der Waals surface area contributed by atoms with Gasteiger partial charge in [0.05, 0.1) is 18.1 Å². The molecule has 144 valence electrons. The van der Waals surface area contributed by atoms with E-state index in [0.717, 1.165) is 31.8 Å². The van der Waals surface area contributed by atoms with E-state index >= 15 is 0 Å². The molecular weight excluding hydrogens is 361 g/mol. The van der Waals surface area contributed by atoms with Gasteiger partial charge in [0.25, 0.3) is 0 Å². The van der Waals surface area contributed by atoms with Crippen LogP contribution in [0.15, 0.2) is 30.3 Å². The third-order valence-corrected chi connectivity index (χ3v) is 4.37. The minimum absolute atomic E-state index is 0. The summed E-state index contributed by atoms with van der Waals surface area (Å²) in [4.78, 5) is 14.6. The van der Waals surface area contributed by atoms with Gasteiger partial charge >= 0.3 is 0 Å². The van der Waals surface area contributed by atoms with Gasteiger partial charge in [-0.25, -0.2) is 0 Å². The van der Waals surface area contributed by atoms with Crippen LogP contribution >= 0.6 is 24.8 Å². The number of amides is 1. The SMILES string of the molecule is CC(C(=O)NCCN1CCOC(C)(C)C1)C(N)c1ccccc1.Cl.Cl. The summed E-state index contributed by atoms with van der Waals surface area (Å²) < 4.78 is 5.70. The Labute approximate surface area is 163 Å². The molecule has 2 atom stereocenters. The lowest BCUT2D eigenvalue weighted by Crippen LogP contribution is -2.50. The first kappa shape index (κ1) is 24.1. The van der Waals surface area contributed by atoms with E-state index in [9.17, 15) is 4.79 Å². The molecule has 5 nitrogen and oxygen atoms in total. The normalized spacial score (nSPS) is 19.0. The lowest BCUT2D eigenvalue weighted by Gasteiger charge is -2.38. The Morgan fingerprint density at radius 2 is 1.96 bits per heavy atom. The molecule has 2 rings (SSSR count). The number of carbonyl (C=O) groups excluding carboxylic acids is 1. The van der Waals surface area contributed by atoms with Crippen molar-refractivity contribution >= 4 is 30.7 Å². The molecule has 0 aliphatic carbocycles. The number of morpholine rings is 1. The van der Waals surface area contributed by atoms with E-state index < -0.39 is 0 Å². The Balaban J connectivity index is 0.00000288. The number of rotatable bonds is 6. The Morgan fingerprint density at radius 1 is 1.32 bits per heavy atom. The predicted molar refractivity (Wildman–Crippen MR) is 107 cm³/mol. The van der Waals surface area contributed by atoms with Crippen molar-refractivity contribution in [2.75, 3.05) is 32.8 Å². The van der Waals surface area contributed by atoms with Crippen molar-refractivity contribution in [2.24, 2.45) is 11.7 Å². The molecule has 0 radical (unpaired) electrons. The molecule has 7 heteroatoms. The smallest absolute Gasteiger partial charge is 0.224 e. The summed E-state index contributed by atoms with van der Waals surface area (Å²) in [6.45, 7) is 10.1. The molecule has 1 amide bonds. The minimum atomic E-state index is -0.279. The summed E-state index contributed by atoms with van der Waals surface area (Å²) in [5.41, 5.74) is 7.09. The first-order chi connectivity index (χ1) is 10.9. The highest BCUT2D eigenvalue weighted by Gasteiger charge is 2.27. The molecule has 1 aromatic rings. The molecule has 0 aromatic heterocycles. The summed E-state index contributed by atoms with van der Waals surface area (Å²) in [5, 5.41) is 3.01. The van der Waals surface area contributed by atoms with Crippen molar-refractivity contribution in [3.05, 3.63) is 35.9 Å². The van der Waals surface area contributed by atoms with E-state index in [4.69, 9.17) is 10.5 Å². The van der Waals surface area contributed by atoms with Gasteiger partial charge in [-0.05, 0) is 19.4 Å². The van der Waals surface area contributed by atoms with Gasteiger partial charge in [-0.3, -0.25) is 9.69 Å². The van der Waals surface area contributed by atoms with Gasteiger partial charge in [0, 0.05) is 32.2 Å². The Hall–Kier alpha value is -0.850. The number of benzene rings is 1. The van der Waals surface area contributed by atoms with Crippen LogP contribution in [-0.2, 0) is 9.53 Å².